The highest BCUT2D eigenvalue weighted by Crippen LogP contribution is 1.86. The molecule has 0 heterocycles. The Morgan fingerprint density at radius 3 is 2.18 bits per heavy atom. The zero-order valence-corrected chi connectivity index (χ0v) is 7.98. The molecule has 0 aliphatic rings. The van der Waals surface area contributed by atoms with E-state index in [0.29, 0.717) is 12.1 Å². The molecule has 68 valence electrons. The maximum Gasteiger partial charge on any atom is 0.0626 e. The van der Waals surface area contributed by atoms with E-state index in [1.165, 1.54) is 0 Å². The molecule has 0 saturated carbocycles. The Hall–Kier alpha value is -0.120. The molecule has 0 aliphatic heterocycles. The van der Waals surface area contributed by atoms with Gasteiger partial charge in [0.15, 0.2) is 0 Å². The largest absolute Gasteiger partial charge is 0.383 e. The van der Waals surface area contributed by atoms with Crippen molar-refractivity contribution in [3.8, 4) is 0 Å². The van der Waals surface area contributed by atoms with Crippen molar-refractivity contribution in [2.24, 2.45) is 0 Å². The minimum absolute atomic E-state index is 0.369. The summed E-state index contributed by atoms with van der Waals surface area (Å²) in [5.74, 6) is 0. The van der Waals surface area contributed by atoms with Gasteiger partial charge in [-0.1, -0.05) is 6.92 Å². The Morgan fingerprint density at radius 1 is 1.18 bits per heavy atom. The van der Waals surface area contributed by atoms with Crippen molar-refractivity contribution in [3.63, 3.8) is 0 Å². The van der Waals surface area contributed by atoms with E-state index in [1.54, 1.807) is 7.11 Å². The van der Waals surface area contributed by atoms with E-state index in [9.17, 15) is 0 Å². The third-order valence-electron chi connectivity index (χ3n) is 1.61. The van der Waals surface area contributed by atoms with Gasteiger partial charge in [-0.15, -0.1) is 0 Å². The average molecular weight is 160 g/mol. The van der Waals surface area contributed by atoms with Gasteiger partial charge in [0.05, 0.1) is 6.61 Å². The second kappa shape index (κ2) is 6.58. The standard InChI is InChI=1S/C8H20N2O/c1-5-7(2)9-10-8(3)6-11-4/h7-10H,5-6H2,1-4H3/t7-,8-/m0/s1. The molecule has 0 aromatic rings. The van der Waals surface area contributed by atoms with Crippen LogP contribution in [-0.4, -0.2) is 25.8 Å². The van der Waals surface area contributed by atoms with Crippen LogP contribution < -0.4 is 10.9 Å². The predicted molar refractivity (Wildman–Crippen MR) is 47.4 cm³/mol. The fourth-order valence-corrected chi connectivity index (χ4v) is 0.678. The summed E-state index contributed by atoms with van der Waals surface area (Å²) >= 11 is 0. The molecule has 2 atom stereocenters. The lowest BCUT2D eigenvalue weighted by Crippen LogP contribution is -2.45. The molecule has 3 heteroatoms. The Morgan fingerprint density at radius 2 is 1.73 bits per heavy atom. The Kier molecular flexibility index (Phi) is 6.51. The summed E-state index contributed by atoms with van der Waals surface area (Å²) in [4.78, 5) is 0. The van der Waals surface area contributed by atoms with E-state index in [-0.39, 0.29) is 0 Å². The monoisotopic (exact) mass is 160 g/mol. The molecule has 0 bridgehead atoms. The molecular weight excluding hydrogens is 140 g/mol. The third-order valence-corrected chi connectivity index (χ3v) is 1.61. The molecule has 3 nitrogen and oxygen atoms in total. The van der Waals surface area contributed by atoms with E-state index < -0.39 is 0 Å². The lowest BCUT2D eigenvalue weighted by Gasteiger charge is -2.17. The van der Waals surface area contributed by atoms with E-state index in [4.69, 9.17) is 4.74 Å². The first kappa shape index (κ1) is 10.9. The summed E-state index contributed by atoms with van der Waals surface area (Å²) in [6.45, 7) is 7.12. The molecule has 2 N–H and O–H groups in total. The Bertz CT molecular complexity index is 88.2. The zero-order valence-electron chi connectivity index (χ0n) is 7.98. The first-order valence-electron chi connectivity index (χ1n) is 4.20. The molecule has 11 heavy (non-hydrogen) atoms. The summed E-state index contributed by atoms with van der Waals surface area (Å²) in [5.41, 5.74) is 6.35. The van der Waals surface area contributed by atoms with Crippen molar-refractivity contribution >= 4 is 0 Å². The minimum atomic E-state index is 0.369. The summed E-state index contributed by atoms with van der Waals surface area (Å²) in [6, 6.07) is 0.892. The zero-order chi connectivity index (χ0) is 8.69. The summed E-state index contributed by atoms with van der Waals surface area (Å²) < 4.78 is 4.97. The van der Waals surface area contributed by atoms with Gasteiger partial charge in [-0.3, -0.25) is 10.9 Å². The van der Waals surface area contributed by atoms with Crippen LogP contribution in [-0.2, 0) is 4.74 Å². The van der Waals surface area contributed by atoms with Crippen LogP contribution in [0.4, 0.5) is 0 Å². The maximum atomic E-state index is 4.97. The topological polar surface area (TPSA) is 33.3 Å². The third kappa shape index (κ3) is 6.28. The van der Waals surface area contributed by atoms with Crippen molar-refractivity contribution in [2.45, 2.75) is 39.3 Å². The van der Waals surface area contributed by atoms with Gasteiger partial charge in [0.1, 0.15) is 0 Å². The van der Waals surface area contributed by atoms with Crippen LogP contribution in [0.5, 0.6) is 0 Å². The van der Waals surface area contributed by atoms with Crippen molar-refractivity contribution in [1.29, 1.82) is 0 Å². The highest BCUT2D eigenvalue weighted by atomic mass is 16.5. The number of ether oxygens (including phenoxy) is 1. The van der Waals surface area contributed by atoms with Gasteiger partial charge in [0.2, 0.25) is 0 Å². The van der Waals surface area contributed by atoms with Crippen LogP contribution in [0.1, 0.15) is 27.2 Å². The van der Waals surface area contributed by atoms with Crippen LogP contribution in [0.2, 0.25) is 0 Å². The van der Waals surface area contributed by atoms with Crippen molar-refractivity contribution in [2.75, 3.05) is 13.7 Å². The molecular formula is C8H20N2O. The van der Waals surface area contributed by atoms with Crippen molar-refractivity contribution in [3.05, 3.63) is 0 Å². The first-order chi connectivity index (χ1) is 5.20. The fourth-order valence-electron chi connectivity index (χ4n) is 0.678. The molecule has 0 aromatic heterocycles. The molecule has 0 aliphatic carbocycles. The van der Waals surface area contributed by atoms with Gasteiger partial charge in [0.25, 0.3) is 0 Å². The van der Waals surface area contributed by atoms with Gasteiger partial charge < -0.3 is 4.74 Å². The fraction of sp³-hybridized carbons (Fsp3) is 1.00. The summed E-state index contributed by atoms with van der Waals surface area (Å²) in [7, 11) is 1.71. The lowest BCUT2D eigenvalue weighted by molar-refractivity contribution is 0.162. The molecule has 0 radical (unpaired) electrons. The van der Waals surface area contributed by atoms with Crippen molar-refractivity contribution in [1.82, 2.24) is 10.9 Å². The highest BCUT2D eigenvalue weighted by Gasteiger charge is 2.01. The molecule has 0 spiro atoms. The minimum Gasteiger partial charge on any atom is -0.383 e. The van der Waals surface area contributed by atoms with E-state index in [1.807, 2.05) is 0 Å². The highest BCUT2D eigenvalue weighted by molar-refractivity contribution is 4.58. The van der Waals surface area contributed by atoms with Crippen LogP contribution >= 0.6 is 0 Å². The van der Waals surface area contributed by atoms with Gasteiger partial charge >= 0.3 is 0 Å². The Balaban J connectivity index is 3.22. The van der Waals surface area contributed by atoms with Crippen LogP contribution in [0.3, 0.4) is 0 Å². The normalized spacial score (nSPS) is 16.4. The van der Waals surface area contributed by atoms with Gasteiger partial charge in [-0.05, 0) is 20.3 Å². The number of methoxy groups -OCH3 is 1. The van der Waals surface area contributed by atoms with Crippen LogP contribution in [0.25, 0.3) is 0 Å². The van der Waals surface area contributed by atoms with Gasteiger partial charge in [-0.25, -0.2) is 0 Å². The van der Waals surface area contributed by atoms with Crippen molar-refractivity contribution < 1.29 is 4.74 Å². The maximum absolute atomic E-state index is 4.97. The number of nitrogens with one attached hydrogen (secondary N) is 2. The number of rotatable bonds is 6. The lowest BCUT2D eigenvalue weighted by atomic mass is 10.3. The molecule has 0 rings (SSSR count). The molecule has 0 unspecified atom stereocenters. The van der Waals surface area contributed by atoms with Gasteiger partial charge in [0, 0.05) is 19.2 Å². The summed E-state index contributed by atoms with van der Waals surface area (Å²) in [5, 5.41) is 0. The van der Waals surface area contributed by atoms with Crippen LogP contribution in [0.15, 0.2) is 0 Å². The molecule has 0 aromatic carbocycles. The Labute approximate surface area is 69.5 Å². The predicted octanol–water partition coefficient (Wildman–Crippen LogP) is 0.914. The van der Waals surface area contributed by atoms with Crippen LogP contribution in [0, 0.1) is 0 Å². The van der Waals surface area contributed by atoms with E-state index in [0.717, 1.165) is 13.0 Å². The van der Waals surface area contributed by atoms with E-state index in [2.05, 4.69) is 31.6 Å². The average Bonchev–Trinajstić information content (AvgIpc) is 2.01. The quantitative estimate of drug-likeness (QED) is 0.567. The SMILES string of the molecule is CC[C@H](C)NN[C@@H](C)COC. The smallest absolute Gasteiger partial charge is 0.0626 e. The second-order valence-electron chi connectivity index (χ2n) is 2.95. The molecule has 0 saturated heterocycles. The molecule has 0 fully saturated rings. The summed E-state index contributed by atoms with van der Waals surface area (Å²) in [6.07, 6.45) is 1.13. The molecule has 0 amide bonds. The first-order valence-corrected chi connectivity index (χ1v) is 4.20. The number of hydrazine groups is 1. The number of hydrogen-bond acceptors (Lipinski definition) is 3. The number of hydrogen-bond donors (Lipinski definition) is 2. The van der Waals surface area contributed by atoms with Gasteiger partial charge in [-0.2, -0.15) is 0 Å². The second-order valence-corrected chi connectivity index (χ2v) is 2.95. The van der Waals surface area contributed by atoms with E-state index >= 15 is 0 Å².